The quantitative estimate of drug-likeness (QED) is 0.513. The number of amides is 1. The van der Waals surface area contributed by atoms with Gasteiger partial charge in [-0.1, -0.05) is 12.1 Å². The highest BCUT2D eigenvalue weighted by atomic mass is 32.2. The summed E-state index contributed by atoms with van der Waals surface area (Å²) in [5.74, 6) is -2.96. The van der Waals surface area contributed by atoms with E-state index in [1.807, 2.05) is 0 Å². The lowest BCUT2D eigenvalue weighted by atomic mass is 10.1. The predicted octanol–water partition coefficient (Wildman–Crippen LogP) is 4.25. The van der Waals surface area contributed by atoms with E-state index in [-0.39, 0.29) is 5.56 Å². The average molecular weight is 448 g/mol. The highest BCUT2D eigenvalue weighted by Gasteiger charge is 2.29. The van der Waals surface area contributed by atoms with E-state index in [0.29, 0.717) is 5.56 Å². The summed E-state index contributed by atoms with van der Waals surface area (Å²) in [5.41, 5.74) is -1.27. The van der Waals surface area contributed by atoms with Gasteiger partial charge in [0.2, 0.25) is 15.9 Å². The first-order chi connectivity index (χ1) is 13.8. The molecule has 2 aromatic rings. The molecule has 11 heteroatoms. The molecular weight excluding hydrogens is 431 g/mol. The molecule has 0 radical (unpaired) electrons. The molecule has 0 saturated carbocycles. The fourth-order valence-electron chi connectivity index (χ4n) is 2.43. The van der Waals surface area contributed by atoms with Crippen LogP contribution >= 0.6 is 0 Å². The van der Waals surface area contributed by atoms with E-state index in [4.69, 9.17) is 0 Å². The second-order valence-corrected chi connectivity index (χ2v) is 8.17. The van der Waals surface area contributed by atoms with Crippen LogP contribution in [0.3, 0.4) is 0 Å². The van der Waals surface area contributed by atoms with Crippen LogP contribution in [0.4, 0.5) is 27.6 Å². The van der Waals surface area contributed by atoms with Gasteiger partial charge in [-0.2, -0.15) is 13.2 Å². The number of alkyl halides is 3. The van der Waals surface area contributed by atoms with E-state index < -0.39 is 51.0 Å². The minimum absolute atomic E-state index is 0.0420. The van der Waals surface area contributed by atoms with Crippen molar-refractivity contribution in [3.05, 3.63) is 70.8 Å². The third-order valence-electron chi connectivity index (χ3n) is 3.88. The van der Waals surface area contributed by atoms with Crippen LogP contribution in [0.25, 0.3) is 6.08 Å². The number of sulfonamides is 1. The molecule has 1 unspecified atom stereocenters. The highest BCUT2D eigenvalue weighted by Crippen LogP contribution is 2.29. The lowest BCUT2D eigenvalue weighted by molar-refractivity contribution is -0.137. The molecule has 0 saturated heterocycles. The molecule has 0 aromatic heterocycles. The van der Waals surface area contributed by atoms with Crippen molar-refractivity contribution in [2.75, 3.05) is 11.0 Å². The fourth-order valence-corrected chi connectivity index (χ4v) is 2.99. The second kappa shape index (κ2) is 8.82. The van der Waals surface area contributed by atoms with E-state index in [9.17, 15) is 35.2 Å². The van der Waals surface area contributed by atoms with Crippen LogP contribution in [0.15, 0.2) is 42.5 Å². The van der Waals surface area contributed by atoms with E-state index >= 15 is 0 Å². The van der Waals surface area contributed by atoms with Gasteiger partial charge in [-0.3, -0.25) is 9.52 Å². The Morgan fingerprint density at radius 1 is 1.07 bits per heavy atom. The number of benzene rings is 2. The molecule has 0 aliphatic heterocycles. The summed E-state index contributed by atoms with van der Waals surface area (Å²) >= 11 is 0. The normalized spacial score (nSPS) is 13.3. The Kier molecular flexibility index (Phi) is 6.86. The van der Waals surface area contributed by atoms with Crippen molar-refractivity contribution in [2.45, 2.75) is 19.1 Å². The standard InChI is InChI=1S/C19H17F5N2O3S/c1-11(13-9-15(20)18(16(21)10-13)26-30(2,28)29)25-17(27)8-5-12-3-6-14(7-4-12)19(22,23)24/h3-11,26H,1-2H3,(H,25,27). The van der Waals surface area contributed by atoms with Gasteiger partial charge in [0.25, 0.3) is 0 Å². The number of carbonyl (C=O) groups is 1. The molecule has 1 atom stereocenters. The topological polar surface area (TPSA) is 75.3 Å². The van der Waals surface area contributed by atoms with Crippen molar-refractivity contribution in [2.24, 2.45) is 0 Å². The van der Waals surface area contributed by atoms with E-state index in [2.05, 4.69) is 5.32 Å². The predicted molar refractivity (Wildman–Crippen MR) is 102 cm³/mol. The Morgan fingerprint density at radius 3 is 2.07 bits per heavy atom. The highest BCUT2D eigenvalue weighted by molar-refractivity contribution is 7.92. The van der Waals surface area contributed by atoms with Gasteiger partial charge < -0.3 is 5.32 Å². The Hall–Kier alpha value is -2.95. The second-order valence-electron chi connectivity index (χ2n) is 6.42. The Bertz CT molecular complexity index is 1040. The molecule has 30 heavy (non-hydrogen) atoms. The molecule has 2 N–H and O–H groups in total. The van der Waals surface area contributed by atoms with Crippen LogP contribution in [-0.2, 0) is 21.0 Å². The van der Waals surface area contributed by atoms with Crippen molar-refractivity contribution >= 4 is 27.7 Å². The van der Waals surface area contributed by atoms with Crippen molar-refractivity contribution in [1.82, 2.24) is 5.32 Å². The van der Waals surface area contributed by atoms with E-state index in [1.165, 1.54) is 25.1 Å². The molecule has 0 bridgehead atoms. The SMILES string of the molecule is CC(NC(=O)C=Cc1ccc(C(F)(F)F)cc1)c1cc(F)c(NS(C)(=O)=O)c(F)c1. The molecule has 162 valence electrons. The summed E-state index contributed by atoms with van der Waals surface area (Å²) in [6.45, 7) is 1.45. The third-order valence-corrected chi connectivity index (χ3v) is 4.45. The monoisotopic (exact) mass is 448 g/mol. The zero-order chi connectivity index (χ0) is 22.7. The zero-order valence-corrected chi connectivity index (χ0v) is 16.5. The lowest BCUT2D eigenvalue weighted by Gasteiger charge is -2.15. The first-order valence-electron chi connectivity index (χ1n) is 8.39. The molecule has 0 heterocycles. The summed E-state index contributed by atoms with van der Waals surface area (Å²) < 4.78 is 89.7. The van der Waals surface area contributed by atoms with E-state index in [1.54, 1.807) is 4.72 Å². The number of hydrogen-bond donors (Lipinski definition) is 2. The zero-order valence-electron chi connectivity index (χ0n) is 15.7. The maximum atomic E-state index is 14.1. The minimum atomic E-state index is -4.47. The number of halogens is 5. The third kappa shape index (κ3) is 6.55. The van der Waals surface area contributed by atoms with Gasteiger partial charge in [-0.05, 0) is 48.4 Å². The molecule has 2 aromatic carbocycles. The molecule has 5 nitrogen and oxygen atoms in total. The van der Waals surface area contributed by atoms with Gasteiger partial charge in [0.05, 0.1) is 17.9 Å². The Labute approximate surface area is 169 Å². The van der Waals surface area contributed by atoms with Crippen LogP contribution in [0, 0.1) is 11.6 Å². The molecule has 1 amide bonds. The van der Waals surface area contributed by atoms with Gasteiger partial charge in [0, 0.05) is 6.08 Å². The number of hydrogen-bond acceptors (Lipinski definition) is 3. The molecule has 0 aliphatic rings. The number of anilines is 1. The molecule has 0 aliphatic carbocycles. The van der Waals surface area contributed by atoms with Gasteiger partial charge in [-0.25, -0.2) is 17.2 Å². The fraction of sp³-hybridized carbons (Fsp3) is 0.211. The van der Waals surface area contributed by atoms with Crippen LogP contribution in [0.1, 0.15) is 29.7 Å². The van der Waals surface area contributed by atoms with Crippen molar-refractivity contribution in [3.8, 4) is 0 Å². The Balaban J connectivity index is 2.07. The average Bonchev–Trinajstić information content (AvgIpc) is 2.61. The molecule has 0 fully saturated rings. The van der Waals surface area contributed by atoms with E-state index in [0.717, 1.165) is 36.6 Å². The number of nitrogens with one attached hydrogen (secondary N) is 2. The van der Waals surface area contributed by atoms with Crippen molar-refractivity contribution < 1.29 is 35.2 Å². The van der Waals surface area contributed by atoms with Gasteiger partial charge in [0.1, 0.15) is 5.69 Å². The van der Waals surface area contributed by atoms with Crippen LogP contribution < -0.4 is 10.0 Å². The maximum absolute atomic E-state index is 14.1. The summed E-state index contributed by atoms with van der Waals surface area (Å²) in [4.78, 5) is 12.0. The summed E-state index contributed by atoms with van der Waals surface area (Å²) in [6, 6.07) is 5.03. The van der Waals surface area contributed by atoms with Crippen LogP contribution in [0.2, 0.25) is 0 Å². The summed E-state index contributed by atoms with van der Waals surface area (Å²) in [7, 11) is -3.89. The van der Waals surface area contributed by atoms with Gasteiger partial charge in [0.15, 0.2) is 11.6 Å². The Morgan fingerprint density at radius 2 is 1.60 bits per heavy atom. The van der Waals surface area contributed by atoms with Gasteiger partial charge >= 0.3 is 6.18 Å². The largest absolute Gasteiger partial charge is 0.416 e. The summed E-state index contributed by atoms with van der Waals surface area (Å²) in [5, 5.41) is 2.45. The number of rotatable bonds is 6. The lowest BCUT2D eigenvalue weighted by Crippen LogP contribution is -2.25. The molecule has 0 spiro atoms. The first kappa shape index (κ1) is 23.3. The molecule has 2 rings (SSSR count). The first-order valence-corrected chi connectivity index (χ1v) is 10.3. The van der Waals surface area contributed by atoms with Crippen molar-refractivity contribution in [1.29, 1.82) is 0 Å². The number of carbonyl (C=O) groups excluding carboxylic acids is 1. The minimum Gasteiger partial charge on any atom is -0.346 e. The van der Waals surface area contributed by atoms with Gasteiger partial charge in [-0.15, -0.1) is 0 Å². The summed E-state index contributed by atoms with van der Waals surface area (Å²) in [6.07, 6.45) is -1.38. The van der Waals surface area contributed by atoms with Crippen molar-refractivity contribution in [3.63, 3.8) is 0 Å². The smallest absolute Gasteiger partial charge is 0.346 e. The van der Waals surface area contributed by atoms with Crippen LogP contribution in [0.5, 0.6) is 0 Å². The molecular formula is C19H17F5N2O3S. The van der Waals surface area contributed by atoms with Crippen LogP contribution in [-0.4, -0.2) is 20.6 Å². The maximum Gasteiger partial charge on any atom is 0.416 e.